The van der Waals surface area contributed by atoms with Crippen LogP contribution in [0.15, 0.2) is 24.3 Å². The molecular weight excluding hydrogens is 424 g/mol. The molecule has 0 aliphatic carbocycles. The Kier molecular flexibility index (Phi) is 10.0. The third kappa shape index (κ3) is 6.71. The number of carbonyl (C=O) groups excluding carboxylic acids is 2. The summed E-state index contributed by atoms with van der Waals surface area (Å²) in [6.07, 6.45) is -6.38. The quantitative estimate of drug-likeness (QED) is 0.303. The van der Waals surface area contributed by atoms with Gasteiger partial charge in [0, 0.05) is 0 Å². The Bertz CT molecular complexity index is 750. The lowest BCUT2D eigenvalue weighted by Gasteiger charge is -2.39. The zero-order valence-corrected chi connectivity index (χ0v) is 18.2. The number of carbonyl (C=O) groups is 2. The number of aliphatic hydroxyl groups is 5. The molecule has 0 saturated carbocycles. The SMILES string of the molecule is CCC(CCC(C)O)COC(=O)c1ccccc1C(=O)O[C@@H]1O[C@H](CO)[C@@H](O)[C@H](O)[C@H]1O. The normalized spacial score (nSPS) is 27.4. The van der Waals surface area contributed by atoms with Crippen molar-refractivity contribution >= 4 is 11.9 Å². The van der Waals surface area contributed by atoms with Gasteiger partial charge >= 0.3 is 11.9 Å². The van der Waals surface area contributed by atoms with Crippen molar-refractivity contribution in [2.24, 2.45) is 5.92 Å². The molecule has 1 heterocycles. The van der Waals surface area contributed by atoms with Crippen LogP contribution in [0, 0.1) is 5.92 Å². The van der Waals surface area contributed by atoms with Crippen LogP contribution in [0.25, 0.3) is 0 Å². The van der Waals surface area contributed by atoms with E-state index in [0.29, 0.717) is 12.8 Å². The molecule has 2 rings (SSSR count). The fourth-order valence-electron chi connectivity index (χ4n) is 3.33. The molecule has 1 aliphatic rings. The van der Waals surface area contributed by atoms with Crippen LogP contribution < -0.4 is 0 Å². The average Bonchev–Trinajstić information content (AvgIpc) is 2.79. The van der Waals surface area contributed by atoms with E-state index < -0.39 is 55.4 Å². The maximum absolute atomic E-state index is 12.7. The third-order valence-electron chi connectivity index (χ3n) is 5.46. The number of ether oxygens (including phenoxy) is 3. The third-order valence-corrected chi connectivity index (χ3v) is 5.46. The molecule has 2 unspecified atom stereocenters. The lowest BCUT2D eigenvalue weighted by Crippen LogP contribution is -2.59. The predicted molar refractivity (Wildman–Crippen MR) is 111 cm³/mol. The van der Waals surface area contributed by atoms with Gasteiger partial charge in [0.1, 0.15) is 24.4 Å². The molecule has 180 valence electrons. The second-order valence-corrected chi connectivity index (χ2v) is 7.95. The number of hydrogen-bond donors (Lipinski definition) is 5. The molecule has 5 N–H and O–H groups in total. The van der Waals surface area contributed by atoms with E-state index in [0.717, 1.165) is 6.42 Å². The first-order valence-corrected chi connectivity index (χ1v) is 10.6. The smallest absolute Gasteiger partial charge is 0.341 e. The highest BCUT2D eigenvalue weighted by atomic mass is 16.7. The van der Waals surface area contributed by atoms with Gasteiger partial charge in [-0.15, -0.1) is 0 Å². The Morgan fingerprint density at radius 2 is 1.66 bits per heavy atom. The zero-order chi connectivity index (χ0) is 23.8. The van der Waals surface area contributed by atoms with Crippen LogP contribution in [-0.2, 0) is 14.2 Å². The second-order valence-electron chi connectivity index (χ2n) is 7.95. The van der Waals surface area contributed by atoms with Crippen LogP contribution >= 0.6 is 0 Å². The van der Waals surface area contributed by atoms with E-state index >= 15 is 0 Å². The van der Waals surface area contributed by atoms with Crippen LogP contribution in [-0.4, -0.2) is 87.5 Å². The van der Waals surface area contributed by atoms with Crippen molar-refractivity contribution in [3.63, 3.8) is 0 Å². The van der Waals surface area contributed by atoms with Crippen molar-refractivity contribution in [2.75, 3.05) is 13.2 Å². The van der Waals surface area contributed by atoms with E-state index in [1.807, 2.05) is 6.92 Å². The van der Waals surface area contributed by atoms with Gasteiger partial charge in [0.05, 0.1) is 30.4 Å². The summed E-state index contributed by atoms with van der Waals surface area (Å²) < 4.78 is 15.7. The number of hydrogen-bond acceptors (Lipinski definition) is 10. The van der Waals surface area contributed by atoms with Crippen LogP contribution in [0.1, 0.15) is 53.8 Å². The highest BCUT2D eigenvalue weighted by molar-refractivity contribution is 6.03. The molecule has 1 aliphatic heterocycles. The highest BCUT2D eigenvalue weighted by Gasteiger charge is 2.45. The maximum atomic E-state index is 12.7. The lowest BCUT2D eigenvalue weighted by molar-refractivity contribution is -0.285. The molecule has 1 fully saturated rings. The van der Waals surface area contributed by atoms with Crippen LogP contribution in [0.2, 0.25) is 0 Å². The van der Waals surface area contributed by atoms with Crippen molar-refractivity contribution < 1.29 is 49.3 Å². The van der Waals surface area contributed by atoms with E-state index in [4.69, 9.17) is 14.2 Å². The fourth-order valence-corrected chi connectivity index (χ4v) is 3.33. The van der Waals surface area contributed by atoms with Crippen molar-refractivity contribution in [1.82, 2.24) is 0 Å². The van der Waals surface area contributed by atoms with Crippen LogP contribution in [0.4, 0.5) is 0 Å². The van der Waals surface area contributed by atoms with Gasteiger partial charge in [-0.05, 0) is 37.8 Å². The molecule has 0 bridgehead atoms. The minimum absolute atomic E-state index is 0.0486. The monoisotopic (exact) mass is 456 g/mol. The standard InChI is InChI=1S/C22H32O10/c1-3-13(9-8-12(2)24)11-30-20(28)14-6-4-5-7-15(14)21(29)32-22-19(27)18(26)17(25)16(10-23)31-22/h4-7,12-13,16-19,22-27H,3,8-11H2,1-2H3/t12?,13?,16-,17-,18+,19-,22+/m1/s1. The van der Waals surface area contributed by atoms with Crippen molar-refractivity contribution in [3.8, 4) is 0 Å². The van der Waals surface area contributed by atoms with Gasteiger partial charge in [-0.1, -0.05) is 25.5 Å². The first-order chi connectivity index (χ1) is 15.2. The molecule has 0 radical (unpaired) electrons. The largest absolute Gasteiger partial charge is 0.462 e. The van der Waals surface area contributed by atoms with E-state index in [1.165, 1.54) is 18.2 Å². The van der Waals surface area contributed by atoms with Gasteiger partial charge in [-0.25, -0.2) is 9.59 Å². The van der Waals surface area contributed by atoms with E-state index in [2.05, 4.69) is 0 Å². The topological polar surface area (TPSA) is 163 Å². The molecule has 0 spiro atoms. The Morgan fingerprint density at radius 1 is 1.03 bits per heavy atom. The van der Waals surface area contributed by atoms with Gasteiger partial charge in [-0.3, -0.25) is 0 Å². The van der Waals surface area contributed by atoms with E-state index in [9.17, 15) is 35.1 Å². The Labute approximate surface area is 186 Å². The fraction of sp³-hybridized carbons (Fsp3) is 0.636. The van der Waals surface area contributed by atoms with E-state index in [-0.39, 0.29) is 23.7 Å². The van der Waals surface area contributed by atoms with Gasteiger partial charge in [0.15, 0.2) is 0 Å². The van der Waals surface area contributed by atoms with Gasteiger partial charge in [0.2, 0.25) is 6.29 Å². The summed E-state index contributed by atoms with van der Waals surface area (Å²) >= 11 is 0. The Balaban J connectivity index is 2.07. The molecular formula is C22H32O10. The van der Waals surface area contributed by atoms with Crippen LogP contribution in [0.5, 0.6) is 0 Å². The zero-order valence-electron chi connectivity index (χ0n) is 18.2. The van der Waals surface area contributed by atoms with Crippen molar-refractivity contribution in [2.45, 2.75) is 69.9 Å². The van der Waals surface area contributed by atoms with Crippen molar-refractivity contribution in [1.29, 1.82) is 0 Å². The minimum atomic E-state index is -1.75. The average molecular weight is 456 g/mol. The van der Waals surface area contributed by atoms with Crippen LogP contribution in [0.3, 0.4) is 0 Å². The van der Waals surface area contributed by atoms with Gasteiger partial charge in [-0.2, -0.15) is 0 Å². The summed E-state index contributed by atoms with van der Waals surface area (Å²) in [5.74, 6) is -1.69. The van der Waals surface area contributed by atoms with Gasteiger partial charge < -0.3 is 39.7 Å². The molecule has 1 aromatic carbocycles. The number of esters is 2. The predicted octanol–water partition coefficient (Wildman–Crippen LogP) is -0.0127. The summed E-state index contributed by atoms with van der Waals surface area (Å²) in [7, 11) is 0. The molecule has 0 amide bonds. The summed E-state index contributed by atoms with van der Waals surface area (Å²) in [5.41, 5.74) is -0.182. The highest BCUT2D eigenvalue weighted by Crippen LogP contribution is 2.24. The number of benzene rings is 1. The molecule has 1 saturated heterocycles. The molecule has 7 atom stereocenters. The summed E-state index contributed by atoms with van der Waals surface area (Å²) in [5, 5.41) is 48.4. The number of rotatable bonds is 10. The second kappa shape index (κ2) is 12.2. The van der Waals surface area contributed by atoms with Crippen molar-refractivity contribution in [3.05, 3.63) is 35.4 Å². The van der Waals surface area contributed by atoms with Gasteiger partial charge in [0.25, 0.3) is 0 Å². The molecule has 0 aromatic heterocycles. The summed E-state index contributed by atoms with van der Waals surface area (Å²) in [6.45, 7) is 3.09. The van der Waals surface area contributed by atoms with E-state index in [1.54, 1.807) is 13.0 Å². The summed E-state index contributed by atoms with van der Waals surface area (Å²) in [6, 6.07) is 5.79. The lowest BCUT2D eigenvalue weighted by atomic mass is 9.99. The maximum Gasteiger partial charge on any atom is 0.341 e. The first kappa shape index (κ1) is 26.2. The molecule has 32 heavy (non-hydrogen) atoms. The number of aliphatic hydroxyl groups excluding tert-OH is 5. The Hall–Kier alpha value is -2.08. The molecule has 10 heteroatoms. The first-order valence-electron chi connectivity index (χ1n) is 10.6. The Morgan fingerprint density at radius 3 is 2.22 bits per heavy atom. The molecule has 10 nitrogen and oxygen atoms in total. The minimum Gasteiger partial charge on any atom is -0.462 e. The molecule has 1 aromatic rings. The summed E-state index contributed by atoms with van der Waals surface area (Å²) in [4.78, 5) is 25.3.